The summed E-state index contributed by atoms with van der Waals surface area (Å²) in [6, 6.07) is 15.9. The Morgan fingerprint density at radius 2 is 2.06 bits per heavy atom. The zero-order chi connectivity index (χ0) is 22.2. The van der Waals surface area contributed by atoms with Crippen molar-refractivity contribution >= 4 is 50.6 Å². The van der Waals surface area contributed by atoms with Crippen LogP contribution in [-0.4, -0.2) is 9.97 Å². The number of hydrogen-bond donors (Lipinski definition) is 2. The van der Waals surface area contributed by atoms with Crippen LogP contribution >= 0.6 is 34.7 Å². The van der Waals surface area contributed by atoms with E-state index in [9.17, 15) is 4.79 Å². The van der Waals surface area contributed by atoms with Crippen molar-refractivity contribution in [2.75, 3.05) is 5.32 Å². The Labute approximate surface area is 200 Å². The van der Waals surface area contributed by atoms with Gasteiger partial charge in [-0.3, -0.25) is 4.79 Å². The second-order valence-corrected chi connectivity index (χ2v) is 11.0. The van der Waals surface area contributed by atoms with Gasteiger partial charge in [-0.15, -0.1) is 11.3 Å². The summed E-state index contributed by atoms with van der Waals surface area (Å²) in [5, 5.41) is 4.96. The highest BCUT2D eigenvalue weighted by atomic mass is 35.5. The van der Waals surface area contributed by atoms with Crippen LogP contribution in [0.4, 0.5) is 5.69 Å². The van der Waals surface area contributed by atoms with Crippen molar-refractivity contribution in [3.63, 3.8) is 0 Å². The predicted octanol–water partition coefficient (Wildman–Crippen LogP) is 7.09. The van der Waals surface area contributed by atoms with Crippen LogP contribution in [0.2, 0.25) is 5.02 Å². The van der Waals surface area contributed by atoms with Gasteiger partial charge in [0.05, 0.1) is 17.1 Å². The minimum atomic E-state index is -0.182. The number of rotatable bonds is 5. The van der Waals surface area contributed by atoms with Gasteiger partial charge in [-0.1, -0.05) is 48.5 Å². The number of anilines is 1. The molecule has 1 aliphatic rings. The highest BCUT2D eigenvalue weighted by Crippen LogP contribution is 2.38. The van der Waals surface area contributed by atoms with Gasteiger partial charge in [0.1, 0.15) is 10.7 Å². The van der Waals surface area contributed by atoms with Gasteiger partial charge in [0.15, 0.2) is 0 Å². The fraction of sp³-hybridized carbons (Fsp3) is 0.280. The number of halogens is 1. The van der Waals surface area contributed by atoms with Crippen molar-refractivity contribution in [1.29, 1.82) is 0 Å². The molecule has 32 heavy (non-hydrogen) atoms. The fourth-order valence-corrected chi connectivity index (χ4v) is 6.67. The molecule has 2 atom stereocenters. The molecule has 4 nitrogen and oxygen atoms in total. The molecule has 0 spiro atoms. The van der Waals surface area contributed by atoms with Gasteiger partial charge in [0.25, 0.3) is 5.56 Å². The zero-order valence-electron chi connectivity index (χ0n) is 17.9. The van der Waals surface area contributed by atoms with Crippen LogP contribution < -0.4 is 10.9 Å². The third-order valence-corrected chi connectivity index (χ3v) is 8.35. The van der Waals surface area contributed by atoms with Crippen LogP contribution in [0, 0.1) is 5.92 Å². The molecule has 0 saturated carbocycles. The smallest absolute Gasteiger partial charge is 0.259 e. The van der Waals surface area contributed by atoms with E-state index in [0.717, 1.165) is 45.0 Å². The van der Waals surface area contributed by atoms with E-state index in [1.54, 1.807) is 23.1 Å². The highest BCUT2D eigenvalue weighted by molar-refractivity contribution is 7.99. The first-order valence-corrected chi connectivity index (χ1v) is 12.8. The monoisotopic (exact) mass is 481 g/mol. The Kier molecular flexibility index (Phi) is 6.01. The number of benzene rings is 2. The topological polar surface area (TPSA) is 57.8 Å². The molecule has 2 heterocycles. The van der Waals surface area contributed by atoms with Crippen molar-refractivity contribution < 1.29 is 0 Å². The summed E-state index contributed by atoms with van der Waals surface area (Å²) in [6.07, 6.45) is 3.15. The van der Waals surface area contributed by atoms with Crippen LogP contribution in [0.3, 0.4) is 0 Å². The zero-order valence-corrected chi connectivity index (χ0v) is 20.3. The first kappa shape index (κ1) is 21.6. The molecule has 4 aromatic rings. The largest absolute Gasteiger partial charge is 0.374 e. The molecule has 2 N–H and O–H groups in total. The number of H-pyrrole nitrogens is 1. The van der Waals surface area contributed by atoms with Crippen LogP contribution in [-0.2, 0) is 12.8 Å². The van der Waals surface area contributed by atoms with Gasteiger partial charge in [0.2, 0.25) is 0 Å². The SMILES string of the molecule is C[C@@H]1CCc2c(sc3nc([C@@H](C)Nc4cc(Cl)ccc4Sc4ccccc4)[nH]c(=O)c23)C1. The second kappa shape index (κ2) is 8.93. The summed E-state index contributed by atoms with van der Waals surface area (Å²) in [4.78, 5) is 25.3. The van der Waals surface area contributed by atoms with Crippen LogP contribution in [0.25, 0.3) is 10.2 Å². The molecule has 0 radical (unpaired) electrons. The minimum Gasteiger partial charge on any atom is -0.374 e. The van der Waals surface area contributed by atoms with Crippen LogP contribution in [0.15, 0.2) is 63.1 Å². The average molecular weight is 482 g/mol. The molecule has 2 aromatic carbocycles. The summed E-state index contributed by atoms with van der Waals surface area (Å²) in [7, 11) is 0. The maximum atomic E-state index is 13.0. The van der Waals surface area contributed by atoms with Gasteiger partial charge in [-0.2, -0.15) is 0 Å². The van der Waals surface area contributed by atoms with Crippen molar-refractivity contribution in [1.82, 2.24) is 9.97 Å². The lowest BCUT2D eigenvalue weighted by Crippen LogP contribution is -2.18. The molecule has 1 aliphatic carbocycles. The van der Waals surface area contributed by atoms with Crippen molar-refractivity contribution in [3.8, 4) is 0 Å². The van der Waals surface area contributed by atoms with Crippen LogP contribution in [0.1, 0.15) is 42.6 Å². The second-order valence-electron chi connectivity index (χ2n) is 8.40. The van der Waals surface area contributed by atoms with E-state index in [1.165, 1.54) is 10.4 Å². The molecule has 0 aliphatic heterocycles. The van der Waals surface area contributed by atoms with Crippen LogP contribution in [0.5, 0.6) is 0 Å². The molecule has 0 amide bonds. The lowest BCUT2D eigenvalue weighted by molar-refractivity contribution is 0.509. The van der Waals surface area contributed by atoms with Gasteiger partial charge in [-0.25, -0.2) is 4.98 Å². The predicted molar refractivity (Wildman–Crippen MR) is 135 cm³/mol. The van der Waals surface area contributed by atoms with E-state index < -0.39 is 0 Å². The van der Waals surface area contributed by atoms with E-state index in [1.807, 2.05) is 43.3 Å². The lowest BCUT2D eigenvalue weighted by Gasteiger charge is -2.18. The number of aromatic amines is 1. The first-order valence-electron chi connectivity index (χ1n) is 10.8. The Hall–Kier alpha value is -2.28. The normalized spacial score (nSPS) is 16.7. The number of nitrogens with zero attached hydrogens (tertiary/aromatic N) is 1. The molecule has 0 fully saturated rings. The number of aromatic nitrogens is 2. The molecule has 5 rings (SSSR count). The van der Waals surface area contributed by atoms with E-state index in [4.69, 9.17) is 16.6 Å². The van der Waals surface area contributed by atoms with E-state index in [2.05, 4.69) is 29.4 Å². The molecule has 0 saturated heterocycles. The van der Waals surface area contributed by atoms with Gasteiger partial charge in [-0.05, 0) is 68.0 Å². The van der Waals surface area contributed by atoms with Crippen molar-refractivity contribution in [3.05, 3.63) is 80.2 Å². The Morgan fingerprint density at radius 3 is 2.88 bits per heavy atom. The molecule has 0 bridgehead atoms. The van der Waals surface area contributed by atoms with Crippen molar-refractivity contribution in [2.24, 2.45) is 5.92 Å². The molecule has 0 unspecified atom stereocenters. The van der Waals surface area contributed by atoms with Crippen molar-refractivity contribution in [2.45, 2.75) is 48.9 Å². The fourth-order valence-electron chi connectivity index (χ4n) is 4.19. The van der Waals surface area contributed by atoms with E-state index >= 15 is 0 Å². The molecular formula is C25H24ClN3OS2. The first-order chi connectivity index (χ1) is 15.5. The Bertz CT molecular complexity index is 1330. The number of nitrogens with one attached hydrogen (secondary N) is 2. The standard InChI is InChI=1S/C25H24ClN3OS2/c1-14-8-10-18-21(12-14)32-25-22(18)24(30)28-23(29-25)15(2)27-19-13-16(26)9-11-20(19)31-17-6-4-3-5-7-17/h3-7,9,11,13-15,27H,8,10,12H2,1-2H3,(H,28,29,30)/t14-,15-/m1/s1. The van der Waals surface area contributed by atoms with Gasteiger partial charge in [0, 0.05) is 19.7 Å². The third kappa shape index (κ3) is 4.32. The number of aryl methyl sites for hydroxylation is 1. The molecule has 164 valence electrons. The number of thiophene rings is 1. The summed E-state index contributed by atoms with van der Waals surface area (Å²) in [5.41, 5.74) is 2.09. The molecule has 2 aromatic heterocycles. The molecular weight excluding hydrogens is 458 g/mol. The van der Waals surface area contributed by atoms with E-state index in [-0.39, 0.29) is 11.6 Å². The molecule has 7 heteroatoms. The van der Waals surface area contributed by atoms with Gasteiger partial charge >= 0.3 is 0 Å². The minimum absolute atomic E-state index is 0.0318. The highest BCUT2D eigenvalue weighted by Gasteiger charge is 2.24. The summed E-state index contributed by atoms with van der Waals surface area (Å²) >= 11 is 9.65. The maximum absolute atomic E-state index is 13.0. The Balaban J connectivity index is 1.46. The number of hydrogen-bond acceptors (Lipinski definition) is 5. The summed E-state index contributed by atoms with van der Waals surface area (Å²) in [5.74, 6) is 1.31. The van der Waals surface area contributed by atoms with E-state index in [0.29, 0.717) is 16.8 Å². The average Bonchev–Trinajstić information content (AvgIpc) is 3.14. The van der Waals surface area contributed by atoms with Gasteiger partial charge < -0.3 is 10.3 Å². The Morgan fingerprint density at radius 1 is 1.25 bits per heavy atom. The third-order valence-electron chi connectivity index (χ3n) is 5.88. The summed E-state index contributed by atoms with van der Waals surface area (Å²) in [6.45, 7) is 4.29. The lowest BCUT2D eigenvalue weighted by atomic mass is 9.89. The maximum Gasteiger partial charge on any atom is 0.259 e. The number of fused-ring (bicyclic) bond motifs is 3. The quantitative estimate of drug-likeness (QED) is 0.319. The summed E-state index contributed by atoms with van der Waals surface area (Å²) < 4.78 is 0.